The number of aliphatic carboxylic acids is 1. The minimum atomic E-state index is -0.868. The topological polar surface area (TPSA) is 122 Å². The number of amides is 1. The lowest BCUT2D eigenvalue weighted by Gasteiger charge is -2.26. The van der Waals surface area contributed by atoms with Gasteiger partial charge in [0.25, 0.3) is 5.91 Å². The number of phenolic OH excluding ortho intramolecular Hbond substituents is 1. The fraction of sp³-hybridized carbons (Fsp3) is 0.318. The third kappa shape index (κ3) is 5.50. The standard InChI is InChI=1S/C22H23NO7/c24-16-10-15(29-13-20(26)23-9-5-4-8-21(27)28)11-19-22(16)17(25)12-18(30-19)14-6-2-1-3-7-14/h1-3,6-7,10-11,18,24H,4-5,8-9,12-13H2,(H,23,26)(H,27,28). The van der Waals surface area contributed by atoms with Crippen LogP contribution in [0.1, 0.15) is 47.7 Å². The van der Waals surface area contributed by atoms with Gasteiger partial charge in [-0.05, 0) is 18.4 Å². The van der Waals surface area contributed by atoms with E-state index in [1.807, 2.05) is 30.3 Å². The highest BCUT2D eigenvalue weighted by Crippen LogP contribution is 2.41. The normalized spacial score (nSPS) is 15.1. The predicted octanol–water partition coefficient (Wildman–Crippen LogP) is 2.85. The van der Waals surface area contributed by atoms with Gasteiger partial charge in [-0.25, -0.2) is 0 Å². The number of hydrogen-bond acceptors (Lipinski definition) is 6. The molecule has 0 aliphatic carbocycles. The Hall–Kier alpha value is -3.55. The molecule has 1 unspecified atom stereocenters. The van der Waals surface area contributed by atoms with E-state index in [2.05, 4.69) is 5.32 Å². The number of carboxylic acids is 1. The molecule has 0 aromatic heterocycles. The summed E-state index contributed by atoms with van der Waals surface area (Å²) in [7, 11) is 0. The second-order valence-corrected chi connectivity index (χ2v) is 6.95. The molecule has 158 valence electrons. The number of unbranched alkanes of at least 4 members (excludes halogenated alkanes) is 1. The number of Topliss-reactive ketones (excluding diaryl/α,β-unsaturated/α-hetero) is 1. The SMILES string of the molecule is O=C(O)CCCCNC(=O)COc1cc(O)c2c(c1)OC(c1ccccc1)CC2=O. The lowest BCUT2D eigenvalue weighted by atomic mass is 9.95. The molecule has 0 saturated heterocycles. The molecule has 2 aromatic carbocycles. The summed E-state index contributed by atoms with van der Waals surface area (Å²) in [6.07, 6.45) is 0.741. The van der Waals surface area contributed by atoms with E-state index in [4.69, 9.17) is 14.6 Å². The van der Waals surface area contributed by atoms with Crippen LogP contribution in [0, 0.1) is 0 Å². The number of carbonyl (C=O) groups excluding carboxylic acids is 2. The van der Waals surface area contributed by atoms with E-state index in [0.29, 0.717) is 19.4 Å². The summed E-state index contributed by atoms with van der Waals surface area (Å²) in [6, 6.07) is 12.1. The first kappa shape index (κ1) is 21.2. The molecule has 0 fully saturated rings. The van der Waals surface area contributed by atoms with Crippen LogP contribution in [0.2, 0.25) is 0 Å². The molecular weight excluding hydrogens is 390 g/mol. The molecule has 30 heavy (non-hydrogen) atoms. The first-order valence-corrected chi connectivity index (χ1v) is 9.67. The number of benzene rings is 2. The number of ketones is 1. The van der Waals surface area contributed by atoms with E-state index >= 15 is 0 Å². The molecule has 0 radical (unpaired) electrons. The van der Waals surface area contributed by atoms with Crippen molar-refractivity contribution < 1.29 is 34.1 Å². The number of carbonyl (C=O) groups is 3. The molecule has 3 N–H and O–H groups in total. The molecule has 1 atom stereocenters. The highest BCUT2D eigenvalue weighted by atomic mass is 16.5. The lowest BCUT2D eigenvalue weighted by Crippen LogP contribution is -2.29. The molecule has 0 bridgehead atoms. The molecule has 0 spiro atoms. The van der Waals surface area contributed by atoms with Gasteiger partial charge in [-0.15, -0.1) is 0 Å². The molecular formula is C22H23NO7. The van der Waals surface area contributed by atoms with Crippen molar-refractivity contribution in [2.24, 2.45) is 0 Å². The summed E-state index contributed by atoms with van der Waals surface area (Å²) in [6.45, 7) is 0.0640. The maximum atomic E-state index is 12.5. The Balaban J connectivity index is 1.59. The summed E-state index contributed by atoms with van der Waals surface area (Å²) in [4.78, 5) is 34.8. The number of phenols is 1. The number of nitrogens with one attached hydrogen (secondary N) is 1. The van der Waals surface area contributed by atoms with Gasteiger partial charge in [-0.1, -0.05) is 30.3 Å². The zero-order valence-corrected chi connectivity index (χ0v) is 16.3. The largest absolute Gasteiger partial charge is 0.507 e. The quantitative estimate of drug-likeness (QED) is 0.540. The number of ether oxygens (including phenoxy) is 2. The van der Waals surface area contributed by atoms with Crippen LogP contribution in [0.25, 0.3) is 0 Å². The summed E-state index contributed by atoms with van der Waals surface area (Å²) in [5.41, 5.74) is 0.960. The molecule has 1 amide bonds. The zero-order valence-electron chi connectivity index (χ0n) is 16.3. The van der Waals surface area contributed by atoms with Crippen LogP contribution in [-0.4, -0.2) is 41.0 Å². The Morgan fingerprint density at radius 1 is 1.17 bits per heavy atom. The van der Waals surface area contributed by atoms with E-state index < -0.39 is 12.1 Å². The highest BCUT2D eigenvalue weighted by molar-refractivity contribution is 6.02. The molecule has 1 aliphatic heterocycles. The van der Waals surface area contributed by atoms with Crippen molar-refractivity contribution in [2.45, 2.75) is 31.8 Å². The van der Waals surface area contributed by atoms with Crippen molar-refractivity contribution in [3.8, 4) is 17.2 Å². The molecule has 8 nitrogen and oxygen atoms in total. The van der Waals surface area contributed by atoms with Gasteiger partial charge in [-0.2, -0.15) is 0 Å². The maximum Gasteiger partial charge on any atom is 0.303 e. The highest BCUT2D eigenvalue weighted by Gasteiger charge is 2.30. The first-order chi connectivity index (χ1) is 14.4. The fourth-order valence-corrected chi connectivity index (χ4v) is 3.18. The monoisotopic (exact) mass is 413 g/mol. The lowest BCUT2D eigenvalue weighted by molar-refractivity contribution is -0.137. The molecule has 2 aromatic rings. The van der Waals surface area contributed by atoms with E-state index in [0.717, 1.165) is 5.56 Å². The van der Waals surface area contributed by atoms with Crippen molar-refractivity contribution in [1.82, 2.24) is 5.32 Å². The molecule has 0 saturated carbocycles. The van der Waals surface area contributed by atoms with E-state index in [9.17, 15) is 19.5 Å². The van der Waals surface area contributed by atoms with Gasteiger partial charge >= 0.3 is 5.97 Å². The average molecular weight is 413 g/mol. The van der Waals surface area contributed by atoms with Gasteiger partial charge in [0, 0.05) is 25.1 Å². The molecule has 8 heteroatoms. The van der Waals surface area contributed by atoms with Gasteiger partial charge in [-0.3, -0.25) is 14.4 Å². The second kappa shape index (κ2) is 9.78. The Bertz CT molecular complexity index is 927. The van der Waals surface area contributed by atoms with Crippen molar-refractivity contribution in [2.75, 3.05) is 13.2 Å². The summed E-state index contributed by atoms with van der Waals surface area (Å²) < 4.78 is 11.3. The van der Waals surface area contributed by atoms with E-state index in [1.54, 1.807) is 0 Å². The molecule has 1 aliphatic rings. The van der Waals surface area contributed by atoms with Crippen LogP contribution in [0.3, 0.4) is 0 Å². The van der Waals surface area contributed by atoms with Gasteiger partial charge < -0.3 is 25.0 Å². The predicted molar refractivity (Wildman–Crippen MR) is 107 cm³/mol. The second-order valence-electron chi connectivity index (χ2n) is 6.95. The minimum absolute atomic E-state index is 0.0590. The molecule has 1 heterocycles. The Kier molecular flexibility index (Phi) is 6.90. The van der Waals surface area contributed by atoms with E-state index in [1.165, 1.54) is 12.1 Å². The third-order valence-corrected chi connectivity index (χ3v) is 4.65. The zero-order chi connectivity index (χ0) is 21.5. The number of rotatable bonds is 9. The fourth-order valence-electron chi connectivity index (χ4n) is 3.18. The van der Waals surface area contributed by atoms with Crippen molar-refractivity contribution in [3.05, 3.63) is 53.6 Å². The summed E-state index contributed by atoms with van der Waals surface area (Å²) in [5.74, 6) is -1.31. The smallest absolute Gasteiger partial charge is 0.303 e. The van der Waals surface area contributed by atoms with Crippen LogP contribution < -0.4 is 14.8 Å². The van der Waals surface area contributed by atoms with Crippen LogP contribution >= 0.6 is 0 Å². The van der Waals surface area contributed by atoms with Gasteiger partial charge in [0.2, 0.25) is 0 Å². The Morgan fingerprint density at radius 3 is 2.67 bits per heavy atom. The number of aromatic hydroxyl groups is 1. The van der Waals surface area contributed by atoms with E-state index in [-0.39, 0.29) is 54.0 Å². The number of carboxylic acid groups (broad SMARTS) is 1. The van der Waals surface area contributed by atoms with Crippen molar-refractivity contribution in [1.29, 1.82) is 0 Å². The van der Waals surface area contributed by atoms with Crippen LogP contribution in [0.15, 0.2) is 42.5 Å². The summed E-state index contributed by atoms with van der Waals surface area (Å²) in [5, 5.41) is 21.5. The number of fused-ring (bicyclic) bond motifs is 1. The van der Waals surface area contributed by atoms with Gasteiger partial charge in [0.1, 0.15) is 28.9 Å². The number of hydrogen-bond donors (Lipinski definition) is 3. The van der Waals surface area contributed by atoms with Crippen molar-refractivity contribution in [3.63, 3.8) is 0 Å². The molecule has 3 rings (SSSR count). The van der Waals surface area contributed by atoms with Crippen LogP contribution in [0.4, 0.5) is 0 Å². The maximum absolute atomic E-state index is 12.5. The van der Waals surface area contributed by atoms with Crippen molar-refractivity contribution >= 4 is 17.7 Å². The van der Waals surface area contributed by atoms with Crippen LogP contribution in [-0.2, 0) is 9.59 Å². The Labute approximate surface area is 173 Å². The average Bonchev–Trinajstić information content (AvgIpc) is 2.72. The summed E-state index contributed by atoms with van der Waals surface area (Å²) >= 11 is 0. The minimum Gasteiger partial charge on any atom is -0.507 e. The first-order valence-electron chi connectivity index (χ1n) is 9.67. The van der Waals surface area contributed by atoms with Crippen LogP contribution in [0.5, 0.6) is 17.2 Å². The van der Waals surface area contributed by atoms with Gasteiger partial charge in [0.15, 0.2) is 12.4 Å². The Morgan fingerprint density at radius 2 is 1.93 bits per heavy atom. The third-order valence-electron chi connectivity index (χ3n) is 4.65. The van der Waals surface area contributed by atoms with Gasteiger partial charge in [0.05, 0.1) is 6.42 Å².